The molecule has 0 aliphatic heterocycles. The van der Waals surface area contributed by atoms with Gasteiger partial charge in [-0.2, -0.15) is 11.8 Å². The summed E-state index contributed by atoms with van der Waals surface area (Å²) < 4.78 is 0. The van der Waals surface area contributed by atoms with E-state index in [4.69, 9.17) is 5.73 Å². The third-order valence-electron chi connectivity index (χ3n) is 2.57. The van der Waals surface area contributed by atoms with Crippen LogP contribution in [0.4, 0.5) is 16.2 Å². The van der Waals surface area contributed by atoms with E-state index in [0.717, 1.165) is 0 Å². The third kappa shape index (κ3) is 5.69. The van der Waals surface area contributed by atoms with Crippen LogP contribution in [0.3, 0.4) is 0 Å². The van der Waals surface area contributed by atoms with Crippen LogP contribution in [-0.4, -0.2) is 34.9 Å². The first-order valence-electron chi connectivity index (χ1n) is 6.04. The quantitative estimate of drug-likeness (QED) is 0.517. The Labute approximate surface area is 125 Å². The first-order chi connectivity index (χ1) is 9.93. The Hall–Kier alpha value is -2.29. The minimum absolute atomic E-state index is 0.128. The standard InChI is InChI=1S/C12H16N4O4S/c1-21-6-5-10(15-12(13)18)11(17)14-8-3-2-4-9(7-8)16(19)20/h2-4,7,10H,5-6H2,1H3,(H,14,17)(H3,13,15,18)/t10-/m1/s1. The van der Waals surface area contributed by atoms with Crippen molar-refractivity contribution in [3.63, 3.8) is 0 Å². The van der Waals surface area contributed by atoms with Gasteiger partial charge in [0, 0.05) is 17.8 Å². The van der Waals surface area contributed by atoms with Gasteiger partial charge >= 0.3 is 6.03 Å². The number of nitrogens with two attached hydrogens (primary N) is 1. The number of carbonyl (C=O) groups is 2. The van der Waals surface area contributed by atoms with Gasteiger partial charge in [0.1, 0.15) is 6.04 Å². The van der Waals surface area contributed by atoms with Gasteiger partial charge in [-0.1, -0.05) is 6.07 Å². The maximum atomic E-state index is 12.1. The van der Waals surface area contributed by atoms with Crippen molar-refractivity contribution in [3.8, 4) is 0 Å². The van der Waals surface area contributed by atoms with Crippen LogP contribution < -0.4 is 16.4 Å². The van der Waals surface area contributed by atoms with Gasteiger partial charge in [0.05, 0.1) is 4.92 Å². The van der Waals surface area contributed by atoms with Crippen molar-refractivity contribution in [2.45, 2.75) is 12.5 Å². The molecule has 0 saturated heterocycles. The summed E-state index contributed by atoms with van der Waals surface area (Å²) in [5, 5.41) is 15.6. The van der Waals surface area contributed by atoms with Crippen LogP contribution in [0.15, 0.2) is 24.3 Å². The van der Waals surface area contributed by atoms with E-state index in [2.05, 4.69) is 10.6 Å². The Balaban J connectivity index is 2.77. The molecule has 0 aromatic heterocycles. The molecule has 1 atom stereocenters. The predicted octanol–water partition coefficient (Wildman–Crippen LogP) is 1.32. The molecule has 114 valence electrons. The van der Waals surface area contributed by atoms with Crippen molar-refractivity contribution in [2.24, 2.45) is 5.73 Å². The van der Waals surface area contributed by atoms with Crippen molar-refractivity contribution in [1.82, 2.24) is 5.32 Å². The van der Waals surface area contributed by atoms with Crippen molar-refractivity contribution in [2.75, 3.05) is 17.3 Å². The van der Waals surface area contributed by atoms with Crippen molar-refractivity contribution in [1.29, 1.82) is 0 Å². The molecule has 0 spiro atoms. The molecule has 1 aromatic carbocycles. The summed E-state index contributed by atoms with van der Waals surface area (Å²) in [6, 6.07) is 3.98. The molecule has 1 aromatic rings. The minimum atomic E-state index is -0.796. The summed E-state index contributed by atoms with van der Waals surface area (Å²) in [4.78, 5) is 33.1. The van der Waals surface area contributed by atoms with Crippen molar-refractivity contribution < 1.29 is 14.5 Å². The molecule has 0 saturated carbocycles. The molecule has 1 rings (SSSR count). The fraction of sp³-hybridized carbons (Fsp3) is 0.333. The SMILES string of the molecule is CSCC[C@@H](NC(N)=O)C(=O)Nc1cccc([N+](=O)[O-])c1. The smallest absolute Gasteiger partial charge is 0.312 e. The van der Waals surface area contributed by atoms with Crippen LogP contribution in [0.5, 0.6) is 0 Å². The van der Waals surface area contributed by atoms with E-state index in [1.54, 1.807) is 0 Å². The molecular weight excluding hydrogens is 296 g/mol. The molecule has 3 amide bonds. The normalized spacial score (nSPS) is 11.5. The average molecular weight is 312 g/mol. The number of nitrogens with zero attached hydrogens (tertiary/aromatic N) is 1. The molecule has 9 heteroatoms. The number of rotatable bonds is 7. The number of thioether (sulfide) groups is 1. The van der Waals surface area contributed by atoms with E-state index in [-0.39, 0.29) is 11.4 Å². The molecule has 0 bridgehead atoms. The molecule has 0 unspecified atom stereocenters. The van der Waals surface area contributed by atoms with E-state index < -0.39 is 22.9 Å². The van der Waals surface area contributed by atoms with Crippen LogP contribution >= 0.6 is 11.8 Å². The first-order valence-corrected chi connectivity index (χ1v) is 7.43. The second-order valence-corrected chi connectivity index (χ2v) is 5.12. The van der Waals surface area contributed by atoms with Crippen LogP contribution in [0.25, 0.3) is 0 Å². The van der Waals surface area contributed by atoms with Crippen LogP contribution in [0.2, 0.25) is 0 Å². The lowest BCUT2D eigenvalue weighted by atomic mass is 10.2. The maximum Gasteiger partial charge on any atom is 0.312 e. The highest BCUT2D eigenvalue weighted by Gasteiger charge is 2.20. The number of hydrogen-bond acceptors (Lipinski definition) is 5. The molecule has 0 aliphatic carbocycles. The van der Waals surface area contributed by atoms with Gasteiger partial charge in [-0.05, 0) is 24.5 Å². The van der Waals surface area contributed by atoms with Gasteiger partial charge < -0.3 is 16.4 Å². The topological polar surface area (TPSA) is 127 Å². The molecule has 4 N–H and O–H groups in total. The van der Waals surface area contributed by atoms with Crippen molar-refractivity contribution >= 4 is 35.1 Å². The number of non-ortho nitro benzene ring substituents is 1. The lowest BCUT2D eigenvalue weighted by Crippen LogP contribution is -2.46. The molecule has 0 radical (unpaired) electrons. The Morgan fingerprint density at radius 2 is 2.19 bits per heavy atom. The predicted molar refractivity (Wildman–Crippen MR) is 81.2 cm³/mol. The maximum absolute atomic E-state index is 12.1. The van der Waals surface area contributed by atoms with Crippen LogP contribution in [0, 0.1) is 10.1 Å². The van der Waals surface area contributed by atoms with Crippen molar-refractivity contribution in [3.05, 3.63) is 34.4 Å². The number of primary amides is 1. The number of anilines is 1. The highest BCUT2D eigenvalue weighted by Crippen LogP contribution is 2.17. The van der Waals surface area contributed by atoms with Crippen LogP contribution in [-0.2, 0) is 4.79 Å². The summed E-state index contributed by atoms with van der Waals surface area (Å²) >= 11 is 1.53. The first kappa shape index (κ1) is 16.8. The lowest BCUT2D eigenvalue weighted by molar-refractivity contribution is -0.384. The fourth-order valence-corrected chi connectivity index (χ4v) is 2.07. The van der Waals surface area contributed by atoms with Gasteiger partial charge in [-0.15, -0.1) is 0 Å². The molecule has 0 heterocycles. The third-order valence-corrected chi connectivity index (χ3v) is 3.21. The summed E-state index contributed by atoms with van der Waals surface area (Å²) in [5.41, 5.74) is 5.19. The number of nitrogens with one attached hydrogen (secondary N) is 2. The van der Waals surface area contributed by atoms with E-state index in [1.165, 1.54) is 36.0 Å². The largest absolute Gasteiger partial charge is 0.352 e. The number of nitro groups is 1. The molecular formula is C12H16N4O4S. The number of nitro benzene ring substituents is 1. The van der Waals surface area contributed by atoms with Crippen LogP contribution in [0.1, 0.15) is 6.42 Å². The number of hydrogen-bond donors (Lipinski definition) is 3. The van der Waals surface area contributed by atoms with Gasteiger partial charge in [-0.3, -0.25) is 14.9 Å². The van der Waals surface area contributed by atoms with E-state index in [0.29, 0.717) is 12.2 Å². The van der Waals surface area contributed by atoms with Gasteiger partial charge in [0.25, 0.3) is 5.69 Å². The van der Waals surface area contributed by atoms with Gasteiger partial charge in [0.2, 0.25) is 5.91 Å². The average Bonchev–Trinajstić information content (AvgIpc) is 2.43. The number of benzene rings is 1. The van der Waals surface area contributed by atoms with E-state index >= 15 is 0 Å². The Morgan fingerprint density at radius 1 is 1.48 bits per heavy atom. The zero-order valence-corrected chi connectivity index (χ0v) is 12.2. The number of amides is 3. The fourth-order valence-electron chi connectivity index (χ4n) is 1.60. The highest BCUT2D eigenvalue weighted by molar-refractivity contribution is 7.98. The molecule has 21 heavy (non-hydrogen) atoms. The Morgan fingerprint density at radius 3 is 2.76 bits per heavy atom. The summed E-state index contributed by atoms with van der Waals surface area (Å²) in [6.07, 6.45) is 2.28. The highest BCUT2D eigenvalue weighted by atomic mass is 32.2. The van der Waals surface area contributed by atoms with Gasteiger partial charge in [0.15, 0.2) is 0 Å². The summed E-state index contributed by atoms with van der Waals surface area (Å²) in [5.74, 6) is 0.191. The molecule has 8 nitrogen and oxygen atoms in total. The summed E-state index contributed by atoms with van der Waals surface area (Å²) in [6.45, 7) is 0. The molecule has 0 aliphatic rings. The van der Waals surface area contributed by atoms with E-state index in [1.807, 2.05) is 6.26 Å². The monoisotopic (exact) mass is 312 g/mol. The Kier molecular flexibility index (Phi) is 6.47. The number of urea groups is 1. The zero-order chi connectivity index (χ0) is 15.8. The zero-order valence-electron chi connectivity index (χ0n) is 11.4. The number of carbonyl (C=O) groups excluding carboxylic acids is 2. The van der Waals surface area contributed by atoms with Gasteiger partial charge in [-0.25, -0.2) is 4.79 Å². The minimum Gasteiger partial charge on any atom is -0.352 e. The lowest BCUT2D eigenvalue weighted by Gasteiger charge is -2.16. The Bertz CT molecular complexity index is 538. The second kappa shape index (κ2) is 8.10. The molecule has 0 fully saturated rings. The van der Waals surface area contributed by atoms with E-state index in [9.17, 15) is 19.7 Å². The second-order valence-electron chi connectivity index (χ2n) is 4.14. The summed E-state index contributed by atoms with van der Waals surface area (Å²) in [7, 11) is 0.